The van der Waals surface area contributed by atoms with Gasteiger partial charge in [-0.25, -0.2) is 8.42 Å². The molecule has 0 aromatic heterocycles. The molecule has 1 fully saturated rings. The van der Waals surface area contributed by atoms with Gasteiger partial charge in [0.05, 0.1) is 16.3 Å². The van der Waals surface area contributed by atoms with Crippen molar-refractivity contribution in [2.24, 2.45) is 0 Å². The molecule has 1 aliphatic heterocycles. The highest BCUT2D eigenvalue weighted by molar-refractivity contribution is 7.92. The van der Waals surface area contributed by atoms with Crippen LogP contribution in [0.5, 0.6) is 0 Å². The highest BCUT2D eigenvalue weighted by atomic mass is 32.2. The molecule has 2 aromatic carbocycles. The van der Waals surface area contributed by atoms with Crippen LogP contribution in [-0.4, -0.2) is 46.5 Å². The summed E-state index contributed by atoms with van der Waals surface area (Å²) < 4.78 is 29.0. The molecule has 2 aromatic rings. The molecular weight excluding hydrogens is 412 g/mol. The molecule has 0 unspecified atom stereocenters. The summed E-state index contributed by atoms with van der Waals surface area (Å²) in [4.78, 5) is 14.8. The first-order chi connectivity index (χ1) is 14.7. The number of sulfonamides is 1. The third-order valence-electron chi connectivity index (χ3n) is 5.24. The number of hydrogen-bond acceptors (Lipinski definition) is 5. The zero-order valence-electron chi connectivity index (χ0n) is 18.6. The van der Waals surface area contributed by atoms with Crippen LogP contribution in [0.3, 0.4) is 0 Å². The van der Waals surface area contributed by atoms with Gasteiger partial charge in [0.25, 0.3) is 15.9 Å². The second-order valence-corrected chi connectivity index (χ2v) is 10.1. The number of nitrogens with zero attached hydrogens (tertiary/aromatic N) is 1. The zero-order valence-corrected chi connectivity index (χ0v) is 19.4. The Morgan fingerprint density at radius 2 is 1.65 bits per heavy atom. The Hall–Kier alpha value is -2.58. The Labute approximate surface area is 185 Å². The number of nitrogens with one attached hydrogen (secondary N) is 3. The molecule has 0 saturated carbocycles. The maximum atomic E-state index is 13.1. The van der Waals surface area contributed by atoms with Crippen LogP contribution in [0, 0.1) is 0 Å². The molecule has 7 nitrogen and oxygen atoms in total. The number of benzene rings is 2. The summed E-state index contributed by atoms with van der Waals surface area (Å²) in [6, 6.07) is 12.1. The van der Waals surface area contributed by atoms with Crippen LogP contribution in [0.4, 0.5) is 11.4 Å². The molecule has 0 aliphatic carbocycles. The van der Waals surface area contributed by atoms with Crippen molar-refractivity contribution in [2.75, 3.05) is 35.8 Å². The first kappa shape index (κ1) is 23.1. The van der Waals surface area contributed by atoms with E-state index in [1.807, 2.05) is 32.0 Å². The van der Waals surface area contributed by atoms with Crippen LogP contribution >= 0.6 is 0 Å². The average molecular weight is 445 g/mol. The van der Waals surface area contributed by atoms with Crippen molar-refractivity contribution in [2.45, 2.75) is 44.6 Å². The molecule has 3 rings (SSSR count). The van der Waals surface area contributed by atoms with Crippen LogP contribution in [-0.2, 0) is 10.0 Å². The van der Waals surface area contributed by atoms with Gasteiger partial charge >= 0.3 is 0 Å². The summed E-state index contributed by atoms with van der Waals surface area (Å²) in [5.74, 6) is 0.0868. The van der Waals surface area contributed by atoms with E-state index in [9.17, 15) is 13.2 Å². The van der Waals surface area contributed by atoms with Crippen molar-refractivity contribution in [1.82, 2.24) is 10.6 Å². The second kappa shape index (κ2) is 9.70. The van der Waals surface area contributed by atoms with E-state index >= 15 is 0 Å². The summed E-state index contributed by atoms with van der Waals surface area (Å²) in [5, 5.41) is 6.16. The predicted octanol–water partition coefficient (Wildman–Crippen LogP) is 3.16. The van der Waals surface area contributed by atoms with Crippen LogP contribution in [0.2, 0.25) is 0 Å². The topological polar surface area (TPSA) is 90.5 Å². The molecule has 0 bridgehead atoms. The van der Waals surface area contributed by atoms with E-state index in [0.29, 0.717) is 17.2 Å². The Morgan fingerprint density at radius 3 is 2.23 bits per heavy atom. The fraction of sp³-hybridized carbons (Fsp3) is 0.435. The molecule has 31 heavy (non-hydrogen) atoms. The van der Waals surface area contributed by atoms with Gasteiger partial charge in [-0.2, -0.15) is 0 Å². The molecule has 1 aliphatic rings. The van der Waals surface area contributed by atoms with E-state index in [1.54, 1.807) is 24.3 Å². The smallest absolute Gasteiger partial charge is 0.261 e. The minimum Gasteiger partial charge on any atom is -0.367 e. The highest BCUT2D eigenvalue weighted by Gasteiger charge is 2.21. The molecule has 1 saturated heterocycles. The van der Waals surface area contributed by atoms with Gasteiger partial charge in [-0.3, -0.25) is 9.52 Å². The SMILES string of the molecule is CC(C)NC(=O)c1ccc(N2CCNCC2)c(NS(=O)(=O)c2ccc(C(C)C)cc2)c1. The lowest BCUT2D eigenvalue weighted by Gasteiger charge is -2.31. The van der Waals surface area contributed by atoms with Gasteiger partial charge in [-0.15, -0.1) is 0 Å². The van der Waals surface area contributed by atoms with Crippen molar-refractivity contribution < 1.29 is 13.2 Å². The van der Waals surface area contributed by atoms with E-state index in [2.05, 4.69) is 34.1 Å². The number of amides is 1. The van der Waals surface area contributed by atoms with Crippen LogP contribution in [0.1, 0.15) is 49.5 Å². The van der Waals surface area contributed by atoms with E-state index < -0.39 is 10.0 Å². The monoisotopic (exact) mass is 444 g/mol. The maximum absolute atomic E-state index is 13.1. The number of hydrogen-bond donors (Lipinski definition) is 3. The summed E-state index contributed by atoms with van der Waals surface area (Å²) in [5.41, 5.74) is 2.67. The third kappa shape index (κ3) is 5.77. The molecule has 1 amide bonds. The number of piperazine rings is 1. The van der Waals surface area contributed by atoms with Gasteiger partial charge in [-0.1, -0.05) is 26.0 Å². The Morgan fingerprint density at radius 1 is 1.00 bits per heavy atom. The van der Waals surface area contributed by atoms with E-state index in [1.165, 1.54) is 0 Å². The van der Waals surface area contributed by atoms with Gasteiger partial charge in [0.15, 0.2) is 0 Å². The van der Waals surface area contributed by atoms with Crippen molar-refractivity contribution in [1.29, 1.82) is 0 Å². The van der Waals surface area contributed by atoms with Crippen molar-refractivity contribution in [3.8, 4) is 0 Å². The van der Waals surface area contributed by atoms with Gasteiger partial charge < -0.3 is 15.5 Å². The number of carbonyl (C=O) groups excluding carboxylic acids is 1. The van der Waals surface area contributed by atoms with Crippen LogP contribution < -0.4 is 20.3 Å². The molecular formula is C23H32N4O3S. The standard InChI is InChI=1S/C23H32N4O3S/c1-16(2)18-5-8-20(9-6-18)31(29,30)26-21-15-19(23(28)25-17(3)4)7-10-22(21)27-13-11-24-12-14-27/h5-10,15-17,24,26H,11-14H2,1-4H3,(H,25,28). The van der Waals surface area contributed by atoms with Gasteiger partial charge in [0.2, 0.25) is 0 Å². The lowest BCUT2D eigenvalue weighted by molar-refractivity contribution is 0.0943. The van der Waals surface area contributed by atoms with Crippen LogP contribution in [0.25, 0.3) is 0 Å². The van der Waals surface area contributed by atoms with Gasteiger partial charge in [0, 0.05) is 37.8 Å². The predicted molar refractivity (Wildman–Crippen MR) is 125 cm³/mol. The van der Waals surface area contributed by atoms with Crippen molar-refractivity contribution in [3.63, 3.8) is 0 Å². The average Bonchev–Trinajstić information content (AvgIpc) is 2.73. The summed E-state index contributed by atoms with van der Waals surface area (Å²) >= 11 is 0. The largest absolute Gasteiger partial charge is 0.367 e. The first-order valence-electron chi connectivity index (χ1n) is 10.7. The summed E-state index contributed by atoms with van der Waals surface area (Å²) in [7, 11) is -3.81. The molecule has 0 radical (unpaired) electrons. The third-order valence-corrected chi connectivity index (χ3v) is 6.62. The minimum atomic E-state index is -3.81. The normalized spacial score (nSPS) is 14.7. The minimum absolute atomic E-state index is 0.0139. The highest BCUT2D eigenvalue weighted by Crippen LogP contribution is 2.30. The summed E-state index contributed by atoms with van der Waals surface area (Å²) in [6.45, 7) is 11.1. The van der Waals surface area contributed by atoms with Crippen molar-refractivity contribution >= 4 is 27.3 Å². The van der Waals surface area contributed by atoms with E-state index in [-0.39, 0.29) is 16.8 Å². The Kier molecular flexibility index (Phi) is 7.23. The first-order valence-corrected chi connectivity index (χ1v) is 12.2. The quantitative estimate of drug-likeness (QED) is 0.610. The number of carbonyl (C=O) groups is 1. The molecule has 0 atom stereocenters. The lowest BCUT2D eigenvalue weighted by Crippen LogP contribution is -2.43. The van der Waals surface area contributed by atoms with Crippen LogP contribution in [0.15, 0.2) is 47.4 Å². The van der Waals surface area contributed by atoms with Gasteiger partial charge in [0.1, 0.15) is 0 Å². The molecule has 8 heteroatoms. The van der Waals surface area contributed by atoms with Gasteiger partial charge in [-0.05, 0) is 55.7 Å². The van der Waals surface area contributed by atoms with E-state index in [4.69, 9.17) is 0 Å². The van der Waals surface area contributed by atoms with E-state index in [0.717, 1.165) is 37.4 Å². The number of anilines is 2. The number of rotatable bonds is 7. The summed E-state index contributed by atoms with van der Waals surface area (Å²) in [6.07, 6.45) is 0. The zero-order chi connectivity index (χ0) is 22.6. The molecule has 1 heterocycles. The maximum Gasteiger partial charge on any atom is 0.261 e. The Balaban J connectivity index is 1.96. The fourth-order valence-electron chi connectivity index (χ4n) is 3.52. The molecule has 168 valence electrons. The van der Waals surface area contributed by atoms with Crippen molar-refractivity contribution in [3.05, 3.63) is 53.6 Å². The molecule has 3 N–H and O–H groups in total. The lowest BCUT2D eigenvalue weighted by atomic mass is 10.0. The fourth-order valence-corrected chi connectivity index (χ4v) is 4.59. The Bertz CT molecular complexity index is 1010. The molecule has 0 spiro atoms. The second-order valence-electron chi connectivity index (χ2n) is 8.43.